The van der Waals surface area contributed by atoms with Crippen LogP contribution in [0.2, 0.25) is 0 Å². The number of ether oxygens (including phenoxy) is 1. The van der Waals surface area contributed by atoms with E-state index in [0.29, 0.717) is 13.0 Å². The minimum absolute atomic E-state index is 0.143. The van der Waals surface area contributed by atoms with E-state index in [1.165, 1.54) is 0 Å². The van der Waals surface area contributed by atoms with Crippen LogP contribution >= 0.6 is 0 Å². The van der Waals surface area contributed by atoms with Crippen LogP contribution in [0.1, 0.15) is 20.3 Å². The van der Waals surface area contributed by atoms with Gasteiger partial charge in [0.25, 0.3) is 0 Å². The molecule has 0 aliphatic carbocycles. The number of nitrogens with zero attached hydrogens (tertiary/aromatic N) is 1. The van der Waals surface area contributed by atoms with E-state index in [1.807, 2.05) is 19.9 Å². The van der Waals surface area contributed by atoms with Gasteiger partial charge in [-0.3, -0.25) is 4.79 Å². The predicted molar refractivity (Wildman–Crippen MR) is 53.4 cm³/mol. The van der Waals surface area contributed by atoms with Crippen LogP contribution in [-0.2, 0) is 9.53 Å². The Morgan fingerprint density at radius 3 is 2.79 bits per heavy atom. The van der Waals surface area contributed by atoms with Gasteiger partial charge in [0.1, 0.15) is 6.04 Å². The quantitative estimate of drug-likeness (QED) is 0.644. The second kappa shape index (κ2) is 7.10. The van der Waals surface area contributed by atoms with E-state index in [1.54, 1.807) is 0 Å². The van der Waals surface area contributed by atoms with Crippen molar-refractivity contribution >= 4 is 5.91 Å². The summed E-state index contributed by atoms with van der Waals surface area (Å²) < 4.78 is 5.26. The van der Waals surface area contributed by atoms with Gasteiger partial charge in [-0.1, -0.05) is 6.58 Å². The molecule has 1 atom stereocenters. The first-order valence-corrected chi connectivity index (χ1v) is 4.54. The average molecular weight is 196 g/mol. The second-order valence-corrected chi connectivity index (χ2v) is 3.10. The summed E-state index contributed by atoms with van der Waals surface area (Å²) in [7, 11) is 0. The maximum Gasteiger partial charge on any atom is 0.244 e. The Bertz CT molecular complexity index is 231. The largest absolute Gasteiger partial charge is 0.379 e. The molecule has 4 heteroatoms. The lowest BCUT2D eigenvalue weighted by Gasteiger charge is -2.11. The third-order valence-electron chi connectivity index (χ3n) is 1.52. The van der Waals surface area contributed by atoms with Crippen LogP contribution in [0.3, 0.4) is 0 Å². The van der Waals surface area contributed by atoms with E-state index in [2.05, 4.69) is 11.9 Å². The van der Waals surface area contributed by atoms with Gasteiger partial charge in [-0.15, -0.1) is 0 Å². The Morgan fingerprint density at radius 1 is 1.71 bits per heavy atom. The monoisotopic (exact) mass is 196 g/mol. The summed E-state index contributed by atoms with van der Waals surface area (Å²) in [5.41, 5.74) is 0. The van der Waals surface area contributed by atoms with Crippen molar-refractivity contribution in [3.63, 3.8) is 0 Å². The number of rotatable bonds is 6. The van der Waals surface area contributed by atoms with Crippen molar-refractivity contribution in [2.45, 2.75) is 32.4 Å². The van der Waals surface area contributed by atoms with Gasteiger partial charge in [0, 0.05) is 13.0 Å². The first-order chi connectivity index (χ1) is 6.60. The molecule has 0 heterocycles. The molecule has 0 unspecified atom stereocenters. The highest BCUT2D eigenvalue weighted by Gasteiger charge is 2.08. The molecule has 0 aliphatic heterocycles. The molecule has 1 amide bonds. The van der Waals surface area contributed by atoms with Crippen LogP contribution in [0.15, 0.2) is 12.7 Å². The first kappa shape index (κ1) is 12.7. The lowest BCUT2D eigenvalue weighted by molar-refractivity contribution is -0.116. The van der Waals surface area contributed by atoms with Crippen molar-refractivity contribution in [2.75, 3.05) is 6.61 Å². The van der Waals surface area contributed by atoms with E-state index in [-0.39, 0.29) is 12.0 Å². The minimum atomic E-state index is -0.501. The van der Waals surface area contributed by atoms with Crippen molar-refractivity contribution in [1.29, 1.82) is 5.26 Å². The number of carbonyl (C=O) groups excluding carboxylic acids is 1. The van der Waals surface area contributed by atoms with Gasteiger partial charge in [-0.2, -0.15) is 5.26 Å². The molecular weight excluding hydrogens is 180 g/mol. The standard InChI is InChI=1S/C10H16N2O2/c1-4-10(13)12-9(7-11)5-6-14-8(2)3/h4,8-9H,1,5-6H2,2-3H3,(H,12,13)/t9-/m1/s1. The molecule has 1 N–H and O–H groups in total. The molecule has 0 radical (unpaired) electrons. The summed E-state index contributed by atoms with van der Waals surface area (Å²) in [6.07, 6.45) is 1.78. The topological polar surface area (TPSA) is 62.1 Å². The zero-order valence-corrected chi connectivity index (χ0v) is 8.62. The molecule has 0 aliphatic rings. The molecule has 0 aromatic carbocycles. The van der Waals surface area contributed by atoms with Crippen LogP contribution < -0.4 is 5.32 Å². The Morgan fingerprint density at radius 2 is 2.36 bits per heavy atom. The van der Waals surface area contributed by atoms with Gasteiger partial charge in [-0.05, 0) is 19.9 Å². The van der Waals surface area contributed by atoms with Gasteiger partial charge in [0.2, 0.25) is 5.91 Å². The second-order valence-electron chi connectivity index (χ2n) is 3.10. The van der Waals surface area contributed by atoms with Crippen LogP contribution in [0.4, 0.5) is 0 Å². The molecule has 78 valence electrons. The van der Waals surface area contributed by atoms with Gasteiger partial charge in [0.05, 0.1) is 12.2 Å². The molecular formula is C10H16N2O2. The van der Waals surface area contributed by atoms with Gasteiger partial charge in [-0.25, -0.2) is 0 Å². The van der Waals surface area contributed by atoms with Crippen molar-refractivity contribution in [1.82, 2.24) is 5.32 Å². The summed E-state index contributed by atoms with van der Waals surface area (Å²) in [6.45, 7) is 7.61. The van der Waals surface area contributed by atoms with Gasteiger partial charge >= 0.3 is 0 Å². The third kappa shape index (κ3) is 6.21. The van der Waals surface area contributed by atoms with Crippen LogP contribution in [0.5, 0.6) is 0 Å². The van der Waals surface area contributed by atoms with Gasteiger partial charge < -0.3 is 10.1 Å². The zero-order chi connectivity index (χ0) is 11.0. The number of nitrogens with one attached hydrogen (secondary N) is 1. The molecule has 14 heavy (non-hydrogen) atoms. The number of nitriles is 1. The summed E-state index contributed by atoms with van der Waals surface area (Å²) in [4.78, 5) is 10.9. The van der Waals surface area contributed by atoms with Crippen molar-refractivity contribution < 1.29 is 9.53 Å². The number of hydrogen-bond acceptors (Lipinski definition) is 3. The number of amides is 1. The number of hydrogen-bond donors (Lipinski definition) is 1. The fourth-order valence-electron chi connectivity index (χ4n) is 0.821. The molecule has 0 spiro atoms. The van der Waals surface area contributed by atoms with Crippen molar-refractivity contribution in [3.8, 4) is 6.07 Å². The average Bonchev–Trinajstić information content (AvgIpc) is 2.15. The fraction of sp³-hybridized carbons (Fsp3) is 0.600. The van der Waals surface area contributed by atoms with E-state index >= 15 is 0 Å². The van der Waals surface area contributed by atoms with Crippen molar-refractivity contribution in [3.05, 3.63) is 12.7 Å². The van der Waals surface area contributed by atoms with Gasteiger partial charge in [0.15, 0.2) is 0 Å². The maximum absolute atomic E-state index is 10.9. The summed E-state index contributed by atoms with van der Waals surface area (Å²) in [5, 5.41) is 11.2. The van der Waals surface area contributed by atoms with E-state index in [9.17, 15) is 4.79 Å². The fourth-order valence-corrected chi connectivity index (χ4v) is 0.821. The van der Waals surface area contributed by atoms with Crippen molar-refractivity contribution in [2.24, 2.45) is 0 Å². The molecule has 0 saturated carbocycles. The lowest BCUT2D eigenvalue weighted by Crippen LogP contribution is -2.33. The normalized spacial score (nSPS) is 11.9. The predicted octanol–water partition coefficient (Wildman–Crippen LogP) is 0.996. The Balaban J connectivity index is 3.76. The molecule has 0 fully saturated rings. The Labute approximate surface area is 84.6 Å². The summed E-state index contributed by atoms with van der Waals surface area (Å²) in [5.74, 6) is -0.332. The SMILES string of the molecule is C=CC(=O)N[C@@H](C#N)CCOC(C)C. The van der Waals surface area contributed by atoms with Crippen LogP contribution in [-0.4, -0.2) is 24.7 Å². The molecule has 0 bridgehead atoms. The molecule has 0 aromatic heterocycles. The lowest BCUT2D eigenvalue weighted by atomic mass is 10.2. The highest BCUT2D eigenvalue weighted by molar-refractivity contribution is 5.87. The smallest absolute Gasteiger partial charge is 0.244 e. The van der Waals surface area contributed by atoms with E-state index in [0.717, 1.165) is 6.08 Å². The summed E-state index contributed by atoms with van der Waals surface area (Å²) in [6, 6.07) is 1.48. The number of carbonyl (C=O) groups is 1. The minimum Gasteiger partial charge on any atom is -0.379 e. The molecule has 0 aromatic rings. The molecule has 0 saturated heterocycles. The Hall–Kier alpha value is -1.34. The van der Waals surface area contributed by atoms with Crippen LogP contribution in [0, 0.1) is 11.3 Å². The zero-order valence-electron chi connectivity index (χ0n) is 8.62. The first-order valence-electron chi connectivity index (χ1n) is 4.54. The van der Waals surface area contributed by atoms with Crippen LogP contribution in [0.25, 0.3) is 0 Å². The summed E-state index contributed by atoms with van der Waals surface area (Å²) >= 11 is 0. The van der Waals surface area contributed by atoms with E-state index in [4.69, 9.17) is 10.00 Å². The third-order valence-corrected chi connectivity index (χ3v) is 1.52. The van der Waals surface area contributed by atoms with E-state index < -0.39 is 6.04 Å². The molecule has 4 nitrogen and oxygen atoms in total. The Kier molecular flexibility index (Phi) is 6.42. The highest BCUT2D eigenvalue weighted by Crippen LogP contribution is 1.95. The molecule has 0 rings (SSSR count). The maximum atomic E-state index is 10.9. The highest BCUT2D eigenvalue weighted by atomic mass is 16.5.